The van der Waals surface area contributed by atoms with Crippen molar-refractivity contribution >= 4 is 23.5 Å². The number of hydrogen-bond donors (Lipinski definition) is 0. The summed E-state index contributed by atoms with van der Waals surface area (Å²) in [5.41, 5.74) is -0.470. The molecule has 0 unspecified atom stereocenters. The van der Waals surface area contributed by atoms with Crippen molar-refractivity contribution in [2.24, 2.45) is 4.99 Å². The largest absolute Gasteiger partial charge is 0.458 e. The molecule has 0 bridgehead atoms. The first kappa shape index (κ1) is 12.8. The highest BCUT2D eigenvalue weighted by Gasteiger charge is 2.20. The van der Waals surface area contributed by atoms with Crippen molar-refractivity contribution in [1.82, 2.24) is 4.98 Å². The van der Waals surface area contributed by atoms with Crippen LogP contribution in [0.4, 0.5) is 0 Å². The molecule has 0 aliphatic rings. The summed E-state index contributed by atoms with van der Waals surface area (Å²) in [5, 5.41) is 2.65. The predicted octanol–water partition coefficient (Wildman–Crippen LogP) is 2.29. The maximum Gasteiger partial charge on any atom is 0.331 e. The molecule has 1 heterocycles. The molecule has 0 fully saturated rings. The minimum atomic E-state index is -0.497. The van der Waals surface area contributed by atoms with E-state index in [1.165, 1.54) is 11.3 Å². The van der Waals surface area contributed by atoms with Gasteiger partial charge in [0.25, 0.3) is 0 Å². The lowest BCUT2D eigenvalue weighted by Crippen LogP contribution is -2.29. The number of carbonyl (C=O) groups is 1. The average molecular weight is 240 g/mol. The molecule has 0 N–H and O–H groups in total. The van der Waals surface area contributed by atoms with Crippen LogP contribution in [-0.2, 0) is 9.53 Å². The number of ether oxygens (including phenoxy) is 1. The molecule has 0 aliphatic heterocycles. The number of aliphatic imine (C=N–C) groups is 1. The van der Waals surface area contributed by atoms with Crippen molar-refractivity contribution in [2.45, 2.75) is 39.3 Å². The van der Waals surface area contributed by atoms with E-state index in [-0.39, 0.29) is 5.97 Å². The van der Waals surface area contributed by atoms with E-state index < -0.39 is 11.6 Å². The Hall–Kier alpha value is -1.23. The van der Waals surface area contributed by atoms with Gasteiger partial charge in [0.1, 0.15) is 16.7 Å². The first-order valence-electron chi connectivity index (χ1n) is 5.04. The third kappa shape index (κ3) is 4.53. The Morgan fingerprint density at radius 2 is 2.31 bits per heavy atom. The molecule has 1 atom stereocenters. The van der Waals surface area contributed by atoms with Gasteiger partial charge >= 0.3 is 5.97 Å². The van der Waals surface area contributed by atoms with Crippen LogP contribution in [0.5, 0.6) is 0 Å². The summed E-state index contributed by atoms with van der Waals surface area (Å²) in [5.74, 6) is -0.319. The summed E-state index contributed by atoms with van der Waals surface area (Å²) < 4.78 is 5.20. The quantitative estimate of drug-likeness (QED) is 0.601. The molecule has 0 radical (unpaired) electrons. The van der Waals surface area contributed by atoms with Gasteiger partial charge in [-0.15, -0.1) is 11.3 Å². The zero-order valence-electron chi connectivity index (χ0n) is 9.93. The van der Waals surface area contributed by atoms with E-state index in [4.69, 9.17) is 4.74 Å². The SMILES string of the molecule is C[C@H](/N=C/c1nccs1)C(=O)OC(C)(C)C. The van der Waals surface area contributed by atoms with Crippen molar-refractivity contribution in [2.75, 3.05) is 0 Å². The number of thiazole rings is 1. The second-order valence-electron chi connectivity index (χ2n) is 4.36. The maximum atomic E-state index is 11.6. The van der Waals surface area contributed by atoms with Gasteiger partial charge < -0.3 is 4.74 Å². The van der Waals surface area contributed by atoms with Gasteiger partial charge in [0.05, 0.1) is 6.21 Å². The Kier molecular flexibility index (Phi) is 4.18. The number of rotatable bonds is 3. The lowest BCUT2D eigenvalue weighted by Gasteiger charge is -2.20. The lowest BCUT2D eigenvalue weighted by atomic mass is 10.2. The van der Waals surface area contributed by atoms with Gasteiger partial charge in [-0.05, 0) is 27.7 Å². The van der Waals surface area contributed by atoms with Gasteiger partial charge in [0.2, 0.25) is 0 Å². The standard InChI is InChI=1S/C11H16N2O2S/c1-8(10(14)15-11(2,3)4)13-7-9-12-5-6-16-9/h5-8H,1-4H3/b13-7+/t8-/m0/s1. The van der Waals surface area contributed by atoms with Crippen LogP contribution in [0.1, 0.15) is 32.7 Å². The summed E-state index contributed by atoms with van der Waals surface area (Å²) in [7, 11) is 0. The summed E-state index contributed by atoms with van der Waals surface area (Å²) in [6.45, 7) is 7.21. The van der Waals surface area contributed by atoms with E-state index in [9.17, 15) is 4.79 Å². The molecule has 4 nitrogen and oxygen atoms in total. The van der Waals surface area contributed by atoms with Crippen LogP contribution in [0.15, 0.2) is 16.6 Å². The monoisotopic (exact) mass is 240 g/mol. The smallest absolute Gasteiger partial charge is 0.331 e. The van der Waals surface area contributed by atoms with Crippen molar-refractivity contribution in [3.8, 4) is 0 Å². The molecule has 1 rings (SSSR count). The molecule has 0 aliphatic carbocycles. The fraction of sp³-hybridized carbons (Fsp3) is 0.545. The maximum absolute atomic E-state index is 11.6. The van der Waals surface area contributed by atoms with E-state index >= 15 is 0 Å². The minimum Gasteiger partial charge on any atom is -0.458 e. The van der Waals surface area contributed by atoms with Crippen molar-refractivity contribution < 1.29 is 9.53 Å². The first-order chi connectivity index (χ1) is 7.38. The second kappa shape index (κ2) is 5.21. The van der Waals surface area contributed by atoms with Crippen molar-refractivity contribution in [3.63, 3.8) is 0 Å². The van der Waals surface area contributed by atoms with Crippen LogP contribution >= 0.6 is 11.3 Å². The topological polar surface area (TPSA) is 51.5 Å². The Morgan fingerprint density at radius 1 is 1.62 bits per heavy atom. The molecule has 0 aromatic carbocycles. The fourth-order valence-electron chi connectivity index (χ4n) is 0.922. The van der Waals surface area contributed by atoms with Crippen LogP contribution in [-0.4, -0.2) is 28.8 Å². The number of aromatic nitrogens is 1. The molecule has 16 heavy (non-hydrogen) atoms. The Balaban J connectivity index is 2.52. The van der Waals surface area contributed by atoms with Gasteiger partial charge in [-0.3, -0.25) is 4.99 Å². The number of hydrogen-bond acceptors (Lipinski definition) is 5. The van der Waals surface area contributed by atoms with Crippen molar-refractivity contribution in [1.29, 1.82) is 0 Å². The molecule has 0 amide bonds. The van der Waals surface area contributed by atoms with E-state index in [0.29, 0.717) is 0 Å². The van der Waals surface area contributed by atoms with E-state index in [1.54, 1.807) is 19.3 Å². The Bertz CT molecular complexity index is 366. The number of carbonyl (C=O) groups excluding carboxylic acids is 1. The summed E-state index contributed by atoms with van der Waals surface area (Å²) in [6.07, 6.45) is 3.30. The summed E-state index contributed by atoms with van der Waals surface area (Å²) in [4.78, 5) is 19.7. The van der Waals surface area contributed by atoms with Crippen LogP contribution in [0, 0.1) is 0 Å². The first-order valence-corrected chi connectivity index (χ1v) is 5.92. The molecular formula is C11H16N2O2S. The molecular weight excluding hydrogens is 224 g/mol. The van der Waals surface area contributed by atoms with Crippen LogP contribution in [0.3, 0.4) is 0 Å². The third-order valence-corrected chi connectivity index (χ3v) is 2.32. The zero-order valence-corrected chi connectivity index (χ0v) is 10.7. The van der Waals surface area contributed by atoms with Crippen molar-refractivity contribution in [3.05, 3.63) is 16.6 Å². The molecule has 0 saturated heterocycles. The van der Waals surface area contributed by atoms with Gasteiger partial charge in [-0.2, -0.15) is 0 Å². The van der Waals surface area contributed by atoms with Gasteiger partial charge in [0.15, 0.2) is 0 Å². The zero-order chi connectivity index (χ0) is 12.2. The van der Waals surface area contributed by atoms with Crippen LogP contribution < -0.4 is 0 Å². The summed E-state index contributed by atoms with van der Waals surface area (Å²) in [6, 6.07) is -0.497. The normalized spacial score (nSPS) is 14.0. The molecule has 1 aromatic rings. The third-order valence-electron chi connectivity index (χ3n) is 1.61. The predicted molar refractivity (Wildman–Crippen MR) is 65.0 cm³/mol. The number of esters is 1. The minimum absolute atomic E-state index is 0.319. The Labute approximate surface area is 99.4 Å². The molecule has 1 aromatic heterocycles. The van der Waals surface area contributed by atoms with E-state index in [2.05, 4.69) is 9.98 Å². The second-order valence-corrected chi connectivity index (χ2v) is 5.28. The highest BCUT2D eigenvalue weighted by atomic mass is 32.1. The number of nitrogens with zero attached hydrogens (tertiary/aromatic N) is 2. The summed E-state index contributed by atoms with van der Waals surface area (Å²) >= 11 is 1.48. The molecule has 0 spiro atoms. The van der Waals surface area contributed by atoms with Gasteiger partial charge in [-0.25, -0.2) is 9.78 Å². The van der Waals surface area contributed by atoms with E-state index in [1.807, 2.05) is 26.2 Å². The molecule has 0 saturated carbocycles. The average Bonchev–Trinajstić information content (AvgIpc) is 2.63. The lowest BCUT2D eigenvalue weighted by molar-refractivity contribution is -0.155. The van der Waals surface area contributed by atoms with E-state index in [0.717, 1.165) is 5.01 Å². The van der Waals surface area contributed by atoms with Crippen LogP contribution in [0.2, 0.25) is 0 Å². The highest BCUT2D eigenvalue weighted by Crippen LogP contribution is 2.09. The van der Waals surface area contributed by atoms with Crippen LogP contribution in [0.25, 0.3) is 0 Å². The van der Waals surface area contributed by atoms with Gasteiger partial charge in [-0.1, -0.05) is 0 Å². The molecule has 88 valence electrons. The Morgan fingerprint density at radius 3 is 2.81 bits per heavy atom. The highest BCUT2D eigenvalue weighted by molar-refractivity contribution is 7.11. The molecule has 5 heteroatoms. The fourth-order valence-corrected chi connectivity index (χ4v) is 1.43. The van der Waals surface area contributed by atoms with Gasteiger partial charge in [0, 0.05) is 11.6 Å².